The predicted molar refractivity (Wildman–Crippen MR) is 46.4 cm³/mol. The van der Waals surface area contributed by atoms with Gasteiger partial charge in [0, 0.05) is 6.08 Å². The Kier molecular flexibility index (Phi) is 1.66. The number of fused-ring (bicyclic) bond motifs is 1. The van der Waals surface area contributed by atoms with Gasteiger partial charge < -0.3 is 15.2 Å². The van der Waals surface area contributed by atoms with Crippen molar-refractivity contribution in [2.75, 3.05) is 7.05 Å². The van der Waals surface area contributed by atoms with Crippen LogP contribution in [0.1, 0.15) is 6.42 Å². The maximum absolute atomic E-state index is 10.3. The average molecular weight is 180 g/mol. The Morgan fingerprint density at radius 1 is 1.92 bits per heavy atom. The summed E-state index contributed by atoms with van der Waals surface area (Å²) >= 11 is 0. The van der Waals surface area contributed by atoms with E-state index in [1.165, 1.54) is 0 Å². The zero-order valence-electron chi connectivity index (χ0n) is 7.23. The minimum Gasteiger partial charge on any atom is -0.690 e. The van der Waals surface area contributed by atoms with Crippen molar-refractivity contribution in [3.8, 4) is 0 Å². The molecular formula is C9H10NO3-. The molecule has 0 aromatic carbocycles. The van der Waals surface area contributed by atoms with E-state index in [1.807, 2.05) is 6.08 Å². The molecule has 1 N–H and O–H groups in total. The molecule has 0 unspecified atom stereocenters. The molecule has 4 heteroatoms. The number of carbonyl (C=O) groups is 1. The van der Waals surface area contributed by atoms with Crippen molar-refractivity contribution in [3.63, 3.8) is 0 Å². The van der Waals surface area contributed by atoms with Crippen LogP contribution in [0.5, 0.6) is 0 Å². The van der Waals surface area contributed by atoms with Gasteiger partial charge in [0.25, 0.3) is 0 Å². The molecule has 1 fully saturated rings. The molecule has 0 aromatic heterocycles. The van der Waals surface area contributed by atoms with Gasteiger partial charge in [-0.15, -0.1) is 7.05 Å². The Morgan fingerprint density at radius 2 is 2.69 bits per heavy atom. The van der Waals surface area contributed by atoms with Gasteiger partial charge in [0.15, 0.2) is 0 Å². The van der Waals surface area contributed by atoms with Crippen LogP contribution < -0.4 is 0 Å². The third-order valence-corrected chi connectivity index (χ3v) is 2.37. The van der Waals surface area contributed by atoms with Crippen molar-refractivity contribution < 1.29 is 14.6 Å². The molecule has 0 amide bonds. The Labute approximate surface area is 75.9 Å². The minimum absolute atomic E-state index is 0.0433. The van der Waals surface area contributed by atoms with Crippen molar-refractivity contribution in [1.82, 2.24) is 0 Å². The summed E-state index contributed by atoms with van der Waals surface area (Å²) in [5.41, 5.74) is 0.610. The summed E-state index contributed by atoms with van der Waals surface area (Å²) in [6, 6.07) is 0. The Hall–Kier alpha value is -1.29. The molecule has 0 aromatic rings. The first kappa shape index (κ1) is 8.31. The fourth-order valence-electron chi connectivity index (χ4n) is 1.60. The minimum atomic E-state index is -0.939. The van der Waals surface area contributed by atoms with Crippen molar-refractivity contribution in [2.45, 2.75) is 18.1 Å². The van der Waals surface area contributed by atoms with Crippen LogP contribution in [0.15, 0.2) is 23.9 Å². The van der Waals surface area contributed by atoms with Crippen LogP contribution in [-0.4, -0.2) is 29.8 Å². The van der Waals surface area contributed by atoms with Crippen LogP contribution in [0, 0.1) is 0 Å². The van der Waals surface area contributed by atoms with Gasteiger partial charge in [-0.1, -0.05) is 6.08 Å². The highest BCUT2D eigenvalue weighted by molar-refractivity contribution is 5.80. The molecule has 2 rings (SSSR count). The number of hydrogen-bond acceptors (Lipinski definition) is 2. The second-order valence-electron chi connectivity index (χ2n) is 3.22. The number of rotatable bonds is 3. The van der Waals surface area contributed by atoms with E-state index in [0.29, 0.717) is 6.42 Å². The maximum atomic E-state index is 10.3. The summed E-state index contributed by atoms with van der Waals surface area (Å²) in [5, 5.41) is 12.5. The molecule has 0 radical (unpaired) electrons. The monoisotopic (exact) mass is 180 g/mol. The third kappa shape index (κ3) is 1.33. The summed E-state index contributed by atoms with van der Waals surface area (Å²) in [5.74, 6) is -0.939. The first-order valence-corrected chi connectivity index (χ1v) is 4.07. The van der Waals surface area contributed by atoms with Crippen LogP contribution >= 0.6 is 0 Å². The van der Waals surface area contributed by atoms with Gasteiger partial charge in [0.2, 0.25) is 0 Å². The molecular weight excluding hydrogens is 170 g/mol. The van der Waals surface area contributed by atoms with E-state index in [-0.39, 0.29) is 11.7 Å². The summed E-state index contributed by atoms with van der Waals surface area (Å²) in [6.45, 7) is 0. The normalized spacial score (nSPS) is 35.8. The first-order chi connectivity index (χ1) is 6.16. The number of nitrogens with zero attached hydrogens (tertiary/aromatic N) is 1. The molecule has 4 nitrogen and oxygen atoms in total. The van der Waals surface area contributed by atoms with Gasteiger partial charge in [-0.25, -0.2) is 4.79 Å². The van der Waals surface area contributed by atoms with Crippen LogP contribution in [0.4, 0.5) is 0 Å². The molecule has 0 saturated carbocycles. The zero-order valence-corrected chi connectivity index (χ0v) is 7.23. The molecule has 1 saturated heterocycles. The Bertz CT molecular complexity index is 308. The van der Waals surface area contributed by atoms with Gasteiger partial charge in [-0.3, -0.25) is 0 Å². The van der Waals surface area contributed by atoms with E-state index < -0.39 is 5.97 Å². The lowest BCUT2D eigenvalue weighted by molar-refractivity contribution is -0.131. The predicted octanol–water partition coefficient (Wildman–Crippen LogP) is 1.06. The van der Waals surface area contributed by atoms with Crippen molar-refractivity contribution >= 4 is 5.97 Å². The number of carboxylic acid groups (broad SMARTS) is 1. The van der Waals surface area contributed by atoms with Crippen molar-refractivity contribution in [1.29, 1.82) is 0 Å². The molecule has 2 aliphatic rings. The van der Waals surface area contributed by atoms with Gasteiger partial charge in [0.05, 0.1) is 0 Å². The number of carboxylic acids is 1. The number of hydrogen-bond donors (Lipinski definition) is 1. The fraction of sp³-hybridized carbons (Fsp3) is 0.444. The molecule has 1 aliphatic carbocycles. The summed E-state index contributed by atoms with van der Waals surface area (Å²) in [4.78, 5) is 10.3. The summed E-state index contributed by atoms with van der Waals surface area (Å²) < 4.78 is 5.34. The van der Waals surface area contributed by atoms with Crippen LogP contribution in [0.25, 0.3) is 5.32 Å². The van der Waals surface area contributed by atoms with E-state index in [4.69, 9.17) is 9.84 Å². The van der Waals surface area contributed by atoms with E-state index in [2.05, 4.69) is 5.32 Å². The van der Waals surface area contributed by atoms with Crippen molar-refractivity contribution in [2.24, 2.45) is 0 Å². The molecule has 70 valence electrons. The van der Waals surface area contributed by atoms with E-state index >= 15 is 0 Å². The van der Waals surface area contributed by atoms with Gasteiger partial charge in [0.1, 0.15) is 11.7 Å². The molecule has 0 bridgehead atoms. The third-order valence-electron chi connectivity index (χ3n) is 2.37. The molecule has 13 heavy (non-hydrogen) atoms. The van der Waals surface area contributed by atoms with Crippen LogP contribution in [0.2, 0.25) is 0 Å². The molecule has 1 heterocycles. The summed E-state index contributed by atoms with van der Waals surface area (Å²) in [7, 11) is 1.73. The molecule has 1 aliphatic heterocycles. The van der Waals surface area contributed by atoms with Gasteiger partial charge in [-0.05, 0) is 12.5 Å². The van der Waals surface area contributed by atoms with Crippen LogP contribution in [-0.2, 0) is 9.53 Å². The van der Waals surface area contributed by atoms with Crippen molar-refractivity contribution in [3.05, 3.63) is 29.2 Å². The van der Waals surface area contributed by atoms with Gasteiger partial charge >= 0.3 is 5.97 Å². The van der Waals surface area contributed by atoms with E-state index in [1.54, 1.807) is 13.1 Å². The smallest absolute Gasteiger partial charge is 0.328 e. The maximum Gasteiger partial charge on any atom is 0.328 e. The quantitative estimate of drug-likeness (QED) is 0.521. The lowest BCUT2D eigenvalue weighted by Crippen LogP contribution is -2.07. The SMILES string of the molecule is C[N-]C1=C[C@H]2O[C@@]2(/C=C/C(=O)O)C1. The highest BCUT2D eigenvalue weighted by Gasteiger charge is 2.55. The largest absolute Gasteiger partial charge is 0.690 e. The number of ether oxygens (including phenoxy) is 1. The zero-order chi connectivity index (χ0) is 9.47. The van der Waals surface area contributed by atoms with E-state index in [0.717, 1.165) is 11.8 Å². The lowest BCUT2D eigenvalue weighted by Gasteiger charge is -2.17. The second-order valence-corrected chi connectivity index (χ2v) is 3.22. The standard InChI is InChI=1S/C9H10NO3/c1-10-6-4-7-9(5-6,13-7)3-2-8(11)12/h2-4,7H,5H2,1H3,(H,11,12)/q-1/b3-2+/t7-,9+/m1/s1. The average Bonchev–Trinajstić information content (AvgIpc) is 2.66. The topological polar surface area (TPSA) is 63.9 Å². The number of aliphatic carboxylic acids is 1. The highest BCUT2D eigenvalue weighted by atomic mass is 16.6. The Balaban J connectivity index is 2.02. The fourth-order valence-corrected chi connectivity index (χ4v) is 1.60. The van der Waals surface area contributed by atoms with Crippen LogP contribution in [0.3, 0.4) is 0 Å². The summed E-state index contributed by atoms with van der Waals surface area (Å²) in [6.07, 6.45) is 5.41. The lowest BCUT2D eigenvalue weighted by atomic mass is 10.1. The van der Waals surface area contributed by atoms with Gasteiger partial charge in [-0.2, -0.15) is 5.70 Å². The Morgan fingerprint density at radius 3 is 3.23 bits per heavy atom. The first-order valence-electron chi connectivity index (χ1n) is 4.07. The highest BCUT2D eigenvalue weighted by Crippen LogP contribution is 2.50. The number of epoxide rings is 1. The molecule has 2 atom stereocenters. The van der Waals surface area contributed by atoms with E-state index in [9.17, 15) is 4.79 Å². The second kappa shape index (κ2) is 2.60. The molecule has 0 spiro atoms.